The van der Waals surface area contributed by atoms with E-state index in [1.807, 2.05) is 18.2 Å². The molecule has 1 saturated heterocycles. The van der Waals surface area contributed by atoms with Crippen molar-refractivity contribution in [2.24, 2.45) is 4.99 Å². The van der Waals surface area contributed by atoms with Crippen molar-refractivity contribution in [3.63, 3.8) is 0 Å². The fourth-order valence-electron chi connectivity index (χ4n) is 3.75. The predicted molar refractivity (Wildman–Crippen MR) is 119 cm³/mol. The Morgan fingerprint density at radius 2 is 1.93 bits per heavy atom. The van der Waals surface area contributed by atoms with Crippen LogP contribution in [0.1, 0.15) is 30.0 Å². The molecular formula is C25H27N3O. The van der Waals surface area contributed by atoms with Crippen molar-refractivity contribution < 1.29 is 4.74 Å². The predicted octanol–water partition coefficient (Wildman–Crippen LogP) is 4.69. The van der Waals surface area contributed by atoms with Gasteiger partial charge in [0.25, 0.3) is 0 Å². The normalized spacial score (nSPS) is 22.0. The minimum Gasteiger partial charge on any atom is -0.497 e. The molecule has 0 spiro atoms. The second kappa shape index (κ2) is 9.28. The third-order valence-electron chi connectivity index (χ3n) is 5.26. The Morgan fingerprint density at radius 3 is 2.79 bits per heavy atom. The van der Waals surface area contributed by atoms with Crippen LogP contribution in [-0.4, -0.2) is 19.1 Å². The SMILES string of the molecule is COc1cccc(CN=C2NC(CC3=CCC=CC=C3)[C@H](c3ccccc3)N2)c1. The zero-order chi connectivity index (χ0) is 19.9. The summed E-state index contributed by atoms with van der Waals surface area (Å²) in [5.74, 6) is 1.71. The monoisotopic (exact) mass is 385 g/mol. The molecule has 1 aliphatic carbocycles. The molecule has 1 fully saturated rings. The van der Waals surface area contributed by atoms with E-state index in [1.165, 1.54) is 11.1 Å². The molecule has 4 rings (SSSR count). The Hall–Kier alpha value is -3.27. The van der Waals surface area contributed by atoms with Gasteiger partial charge in [-0.25, -0.2) is 4.99 Å². The molecule has 29 heavy (non-hydrogen) atoms. The van der Waals surface area contributed by atoms with Crippen LogP contribution in [0.4, 0.5) is 0 Å². The summed E-state index contributed by atoms with van der Waals surface area (Å²) < 4.78 is 5.32. The molecule has 148 valence electrons. The molecule has 1 heterocycles. The van der Waals surface area contributed by atoms with Crippen LogP contribution < -0.4 is 15.4 Å². The lowest BCUT2D eigenvalue weighted by Gasteiger charge is -2.19. The van der Waals surface area contributed by atoms with Gasteiger partial charge < -0.3 is 15.4 Å². The Labute approximate surface area is 172 Å². The molecule has 2 aliphatic rings. The largest absolute Gasteiger partial charge is 0.497 e. The molecule has 4 heteroatoms. The average Bonchev–Trinajstić information content (AvgIpc) is 2.99. The van der Waals surface area contributed by atoms with Crippen LogP contribution in [0, 0.1) is 0 Å². The van der Waals surface area contributed by atoms with Crippen molar-refractivity contribution in [3.8, 4) is 5.75 Å². The van der Waals surface area contributed by atoms with E-state index >= 15 is 0 Å². The molecule has 0 amide bonds. The number of allylic oxidation sites excluding steroid dienone is 5. The highest BCUT2D eigenvalue weighted by Crippen LogP contribution is 2.26. The number of aliphatic imine (C=N–C) groups is 1. The minimum atomic E-state index is 0.186. The lowest BCUT2D eigenvalue weighted by atomic mass is 9.95. The number of hydrogen-bond acceptors (Lipinski definition) is 2. The van der Waals surface area contributed by atoms with Gasteiger partial charge in [-0.2, -0.15) is 0 Å². The summed E-state index contributed by atoms with van der Waals surface area (Å²) in [6, 6.07) is 19.1. The maximum Gasteiger partial charge on any atom is 0.192 e. The van der Waals surface area contributed by atoms with Crippen LogP contribution in [0.2, 0.25) is 0 Å². The summed E-state index contributed by atoms with van der Waals surface area (Å²) in [6.45, 7) is 0.604. The van der Waals surface area contributed by atoms with Crippen molar-refractivity contribution in [3.05, 3.63) is 102 Å². The smallest absolute Gasteiger partial charge is 0.192 e. The minimum absolute atomic E-state index is 0.186. The van der Waals surface area contributed by atoms with E-state index in [0.717, 1.165) is 30.1 Å². The van der Waals surface area contributed by atoms with Gasteiger partial charge in [0.2, 0.25) is 0 Å². The Balaban J connectivity index is 1.52. The second-order valence-electron chi connectivity index (χ2n) is 7.31. The van der Waals surface area contributed by atoms with Gasteiger partial charge in [-0.05, 0) is 41.7 Å². The summed E-state index contributed by atoms with van der Waals surface area (Å²) in [6.07, 6.45) is 12.8. The van der Waals surface area contributed by atoms with Gasteiger partial charge in [-0.15, -0.1) is 0 Å². The molecule has 4 nitrogen and oxygen atoms in total. The highest BCUT2D eigenvalue weighted by atomic mass is 16.5. The van der Waals surface area contributed by atoms with Crippen LogP contribution in [0.3, 0.4) is 0 Å². The highest BCUT2D eigenvalue weighted by molar-refractivity contribution is 5.83. The number of nitrogens with zero attached hydrogens (tertiary/aromatic N) is 1. The molecule has 2 N–H and O–H groups in total. The van der Waals surface area contributed by atoms with Gasteiger partial charge in [0.15, 0.2) is 5.96 Å². The molecule has 0 radical (unpaired) electrons. The standard InChI is InChI=1S/C25H27N3O/c1-29-22-15-9-12-20(16-22)18-26-25-27-23(17-19-10-5-2-3-6-11-19)24(28-25)21-13-7-4-8-14-21/h2-5,7-16,23-24H,6,17-18H2,1H3,(H2,26,27,28)/t23?,24-/m0/s1. The molecule has 1 aliphatic heterocycles. The zero-order valence-corrected chi connectivity index (χ0v) is 16.7. The fraction of sp³-hybridized carbons (Fsp3) is 0.240. The molecule has 0 bridgehead atoms. The molecule has 0 saturated carbocycles. The molecule has 1 unspecified atom stereocenters. The van der Waals surface area contributed by atoms with Crippen molar-refractivity contribution in [1.82, 2.24) is 10.6 Å². The zero-order valence-electron chi connectivity index (χ0n) is 16.7. The number of ether oxygens (including phenoxy) is 1. The van der Waals surface area contributed by atoms with Crippen LogP contribution in [-0.2, 0) is 6.54 Å². The average molecular weight is 386 g/mol. The molecular weight excluding hydrogens is 358 g/mol. The lowest BCUT2D eigenvalue weighted by molar-refractivity contribution is 0.414. The Bertz CT molecular complexity index is 944. The molecule has 2 atom stereocenters. The topological polar surface area (TPSA) is 45.6 Å². The fourth-order valence-corrected chi connectivity index (χ4v) is 3.75. The van der Waals surface area contributed by atoms with Crippen molar-refractivity contribution in [2.75, 3.05) is 7.11 Å². The first-order chi connectivity index (χ1) is 14.3. The Kier molecular flexibility index (Phi) is 6.10. The van der Waals surface area contributed by atoms with Crippen molar-refractivity contribution in [2.45, 2.75) is 31.5 Å². The summed E-state index contributed by atoms with van der Waals surface area (Å²) in [4.78, 5) is 4.80. The number of hydrogen-bond donors (Lipinski definition) is 2. The van der Waals surface area contributed by atoms with Gasteiger partial charge >= 0.3 is 0 Å². The first kappa shape index (κ1) is 19.1. The maximum absolute atomic E-state index is 5.32. The van der Waals surface area contributed by atoms with E-state index < -0.39 is 0 Å². The molecule has 2 aromatic carbocycles. The van der Waals surface area contributed by atoms with Gasteiger partial charge in [0, 0.05) is 0 Å². The highest BCUT2D eigenvalue weighted by Gasteiger charge is 2.31. The van der Waals surface area contributed by atoms with Crippen LogP contribution in [0.5, 0.6) is 5.75 Å². The first-order valence-corrected chi connectivity index (χ1v) is 10.1. The summed E-state index contributed by atoms with van der Waals surface area (Å²) in [5, 5.41) is 7.22. The number of nitrogens with one attached hydrogen (secondary N) is 2. The van der Waals surface area contributed by atoms with E-state index in [0.29, 0.717) is 6.54 Å². The van der Waals surface area contributed by atoms with Gasteiger partial charge in [-0.1, -0.05) is 72.8 Å². The lowest BCUT2D eigenvalue weighted by Crippen LogP contribution is -2.29. The number of guanidine groups is 1. The van der Waals surface area contributed by atoms with E-state index in [-0.39, 0.29) is 12.1 Å². The first-order valence-electron chi connectivity index (χ1n) is 10.1. The summed E-state index contributed by atoms with van der Waals surface area (Å²) >= 11 is 0. The second-order valence-corrected chi connectivity index (χ2v) is 7.31. The molecule has 2 aromatic rings. The number of benzene rings is 2. The van der Waals surface area contributed by atoms with Crippen molar-refractivity contribution in [1.29, 1.82) is 0 Å². The van der Waals surface area contributed by atoms with Gasteiger partial charge in [0.05, 0.1) is 25.7 Å². The van der Waals surface area contributed by atoms with Gasteiger partial charge in [0.1, 0.15) is 5.75 Å². The van der Waals surface area contributed by atoms with E-state index in [1.54, 1.807) is 7.11 Å². The van der Waals surface area contributed by atoms with E-state index in [4.69, 9.17) is 9.73 Å². The summed E-state index contributed by atoms with van der Waals surface area (Å²) in [5.41, 5.74) is 3.75. The quantitative estimate of drug-likeness (QED) is 0.758. The third-order valence-corrected chi connectivity index (χ3v) is 5.26. The van der Waals surface area contributed by atoms with E-state index in [9.17, 15) is 0 Å². The summed E-state index contributed by atoms with van der Waals surface area (Å²) in [7, 11) is 1.69. The van der Waals surface area contributed by atoms with Crippen molar-refractivity contribution >= 4 is 5.96 Å². The molecule has 0 aromatic heterocycles. The van der Waals surface area contributed by atoms with Crippen LogP contribution in [0.15, 0.2) is 95.5 Å². The maximum atomic E-state index is 5.32. The number of methoxy groups -OCH3 is 1. The van der Waals surface area contributed by atoms with Gasteiger partial charge in [-0.3, -0.25) is 0 Å². The number of rotatable bonds is 6. The Morgan fingerprint density at radius 1 is 1.03 bits per heavy atom. The van der Waals surface area contributed by atoms with E-state index in [2.05, 4.69) is 77.4 Å². The van der Waals surface area contributed by atoms with Crippen LogP contribution >= 0.6 is 0 Å². The van der Waals surface area contributed by atoms with Crippen LogP contribution in [0.25, 0.3) is 0 Å². The third kappa shape index (κ3) is 4.96.